The number of methoxy groups -OCH3 is 1. The molecule has 0 atom stereocenters. The molecule has 0 fully saturated rings. The predicted octanol–water partition coefficient (Wildman–Crippen LogP) is 1.93. The van der Waals surface area contributed by atoms with E-state index in [-0.39, 0.29) is 12.0 Å². The first-order valence-electron chi connectivity index (χ1n) is 7.06. The molecule has 0 bridgehead atoms. The number of benzene rings is 1. The summed E-state index contributed by atoms with van der Waals surface area (Å²) in [5, 5.41) is 2.16. The van der Waals surface area contributed by atoms with Crippen LogP contribution >= 0.6 is 0 Å². The van der Waals surface area contributed by atoms with Gasteiger partial charge in [0, 0.05) is 6.42 Å². The molecule has 2 amide bonds. The van der Waals surface area contributed by atoms with Crippen LogP contribution in [0.2, 0.25) is 0 Å². The van der Waals surface area contributed by atoms with Gasteiger partial charge in [-0.25, -0.2) is 0 Å². The minimum absolute atomic E-state index is 0.240. The molecule has 0 saturated carbocycles. The van der Waals surface area contributed by atoms with Gasteiger partial charge in [-0.2, -0.15) is 0 Å². The Morgan fingerprint density at radius 2 is 1.86 bits per heavy atom. The van der Waals surface area contributed by atoms with Crippen LogP contribution in [0.3, 0.4) is 0 Å². The summed E-state index contributed by atoms with van der Waals surface area (Å²) in [5.74, 6) is -0.974. The molecule has 0 aliphatic heterocycles. The largest absolute Gasteiger partial charge is 0.496 e. The number of ether oxygens (including phenoxy) is 2. The molecule has 1 rings (SSSR count). The van der Waals surface area contributed by atoms with E-state index >= 15 is 0 Å². The molecule has 0 radical (unpaired) electrons. The number of rotatable bonds is 7. The second-order valence-electron chi connectivity index (χ2n) is 5.17. The van der Waals surface area contributed by atoms with E-state index in [2.05, 4.69) is 5.32 Å². The number of para-hydroxylation sites is 1. The van der Waals surface area contributed by atoms with Crippen molar-refractivity contribution >= 4 is 17.8 Å². The Morgan fingerprint density at radius 3 is 2.50 bits per heavy atom. The van der Waals surface area contributed by atoms with Gasteiger partial charge in [-0.05, 0) is 24.5 Å². The zero-order chi connectivity index (χ0) is 16.5. The van der Waals surface area contributed by atoms with Gasteiger partial charge in [0.1, 0.15) is 5.75 Å². The average Bonchev–Trinajstić information content (AvgIpc) is 2.50. The van der Waals surface area contributed by atoms with Gasteiger partial charge in [-0.15, -0.1) is 0 Å². The Kier molecular flexibility index (Phi) is 7.08. The topological polar surface area (TPSA) is 81.7 Å². The van der Waals surface area contributed by atoms with Crippen molar-refractivity contribution in [2.75, 3.05) is 13.7 Å². The van der Waals surface area contributed by atoms with Gasteiger partial charge in [0.05, 0.1) is 12.7 Å². The van der Waals surface area contributed by atoms with Crippen molar-refractivity contribution in [3.63, 3.8) is 0 Å². The molecule has 6 heteroatoms. The highest BCUT2D eigenvalue weighted by molar-refractivity contribution is 6.06. The van der Waals surface area contributed by atoms with E-state index in [1.165, 1.54) is 13.2 Å². The number of carbonyl (C=O) groups excluding carboxylic acids is 3. The van der Waals surface area contributed by atoms with Gasteiger partial charge in [0.15, 0.2) is 6.61 Å². The lowest BCUT2D eigenvalue weighted by molar-refractivity contribution is -0.148. The molecule has 22 heavy (non-hydrogen) atoms. The molecule has 0 aliphatic carbocycles. The summed E-state index contributed by atoms with van der Waals surface area (Å²) in [4.78, 5) is 35.0. The smallest absolute Gasteiger partial charge is 0.306 e. The predicted molar refractivity (Wildman–Crippen MR) is 80.5 cm³/mol. The minimum Gasteiger partial charge on any atom is -0.496 e. The Labute approximate surface area is 129 Å². The normalized spacial score (nSPS) is 10.2. The van der Waals surface area contributed by atoms with Crippen LogP contribution in [0, 0.1) is 5.92 Å². The van der Waals surface area contributed by atoms with Gasteiger partial charge in [0.2, 0.25) is 0 Å². The molecule has 0 saturated heterocycles. The number of amides is 2. The fraction of sp³-hybridized carbons (Fsp3) is 0.438. The van der Waals surface area contributed by atoms with E-state index in [9.17, 15) is 14.4 Å². The van der Waals surface area contributed by atoms with Gasteiger partial charge >= 0.3 is 5.97 Å². The molecular formula is C16H21NO5. The maximum atomic E-state index is 11.9. The first-order valence-corrected chi connectivity index (χ1v) is 7.06. The lowest BCUT2D eigenvalue weighted by atomic mass is 10.1. The summed E-state index contributed by atoms with van der Waals surface area (Å²) in [6.45, 7) is 3.51. The molecular weight excluding hydrogens is 286 g/mol. The highest BCUT2D eigenvalue weighted by atomic mass is 16.5. The SMILES string of the molecule is COc1ccccc1C(=O)NC(=O)COC(=O)CCC(C)C. The zero-order valence-corrected chi connectivity index (χ0v) is 13.0. The maximum absolute atomic E-state index is 11.9. The second-order valence-corrected chi connectivity index (χ2v) is 5.17. The van der Waals surface area contributed by atoms with E-state index in [4.69, 9.17) is 9.47 Å². The first kappa shape index (κ1) is 17.7. The van der Waals surface area contributed by atoms with Gasteiger partial charge in [0.25, 0.3) is 11.8 Å². The Bertz CT molecular complexity index is 539. The highest BCUT2D eigenvalue weighted by Crippen LogP contribution is 2.16. The van der Waals surface area contributed by atoms with Crippen molar-refractivity contribution in [1.82, 2.24) is 5.32 Å². The summed E-state index contributed by atoms with van der Waals surface area (Å²) < 4.78 is 9.86. The third-order valence-corrected chi connectivity index (χ3v) is 2.89. The van der Waals surface area contributed by atoms with Crippen LogP contribution in [0.25, 0.3) is 0 Å². The van der Waals surface area contributed by atoms with Crippen molar-refractivity contribution in [2.24, 2.45) is 5.92 Å². The lowest BCUT2D eigenvalue weighted by Crippen LogP contribution is -2.34. The van der Waals surface area contributed by atoms with Crippen LogP contribution in [0.15, 0.2) is 24.3 Å². The summed E-state index contributed by atoms with van der Waals surface area (Å²) >= 11 is 0. The minimum atomic E-state index is -0.672. The third-order valence-electron chi connectivity index (χ3n) is 2.89. The molecule has 1 aromatic carbocycles. The number of nitrogens with one attached hydrogen (secondary N) is 1. The zero-order valence-electron chi connectivity index (χ0n) is 13.0. The molecule has 0 aromatic heterocycles. The fourth-order valence-corrected chi connectivity index (χ4v) is 1.69. The highest BCUT2D eigenvalue weighted by Gasteiger charge is 2.15. The third kappa shape index (κ3) is 5.95. The van der Waals surface area contributed by atoms with Crippen LogP contribution in [-0.4, -0.2) is 31.5 Å². The number of hydrogen-bond acceptors (Lipinski definition) is 5. The van der Waals surface area contributed by atoms with Crippen LogP contribution in [-0.2, 0) is 14.3 Å². The molecule has 1 aromatic rings. The van der Waals surface area contributed by atoms with Crippen molar-refractivity contribution in [1.29, 1.82) is 0 Å². The van der Waals surface area contributed by atoms with Crippen molar-refractivity contribution in [3.8, 4) is 5.75 Å². The molecule has 1 N–H and O–H groups in total. The van der Waals surface area contributed by atoms with Crippen LogP contribution in [0.1, 0.15) is 37.0 Å². The van der Waals surface area contributed by atoms with E-state index in [0.717, 1.165) is 0 Å². The number of esters is 1. The van der Waals surface area contributed by atoms with E-state index in [1.54, 1.807) is 18.2 Å². The van der Waals surface area contributed by atoms with Gasteiger partial charge < -0.3 is 9.47 Å². The van der Waals surface area contributed by atoms with Crippen LogP contribution < -0.4 is 10.1 Å². The Hall–Kier alpha value is -2.37. The standard InChI is InChI=1S/C16H21NO5/c1-11(2)8-9-15(19)22-10-14(18)17-16(20)12-6-4-5-7-13(12)21-3/h4-7,11H,8-10H2,1-3H3,(H,17,18,20). The summed E-state index contributed by atoms with van der Waals surface area (Å²) in [6.07, 6.45) is 0.950. The molecule has 120 valence electrons. The first-order chi connectivity index (χ1) is 10.4. The molecule has 6 nitrogen and oxygen atoms in total. The average molecular weight is 307 g/mol. The number of carbonyl (C=O) groups is 3. The molecule has 0 spiro atoms. The van der Waals surface area contributed by atoms with Crippen molar-refractivity contribution in [3.05, 3.63) is 29.8 Å². The Morgan fingerprint density at radius 1 is 1.18 bits per heavy atom. The summed E-state index contributed by atoms with van der Waals surface area (Å²) in [5.41, 5.74) is 0.240. The quantitative estimate of drug-likeness (QED) is 0.778. The van der Waals surface area contributed by atoms with E-state index < -0.39 is 24.4 Å². The Balaban J connectivity index is 2.45. The molecule has 0 heterocycles. The van der Waals surface area contributed by atoms with Gasteiger partial charge in [-0.3, -0.25) is 19.7 Å². The van der Waals surface area contributed by atoms with E-state index in [0.29, 0.717) is 18.1 Å². The molecule has 0 aliphatic rings. The summed E-state index contributed by atoms with van der Waals surface area (Å²) in [6, 6.07) is 6.53. The van der Waals surface area contributed by atoms with Crippen molar-refractivity contribution in [2.45, 2.75) is 26.7 Å². The lowest BCUT2D eigenvalue weighted by Gasteiger charge is -2.09. The van der Waals surface area contributed by atoms with Crippen molar-refractivity contribution < 1.29 is 23.9 Å². The number of hydrogen-bond donors (Lipinski definition) is 1. The second kappa shape index (κ2) is 8.81. The van der Waals surface area contributed by atoms with Crippen LogP contribution in [0.4, 0.5) is 0 Å². The number of imide groups is 1. The van der Waals surface area contributed by atoms with Gasteiger partial charge in [-0.1, -0.05) is 26.0 Å². The summed E-state index contributed by atoms with van der Waals surface area (Å²) in [7, 11) is 1.43. The van der Waals surface area contributed by atoms with Crippen LogP contribution in [0.5, 0.6) is 5.75 Å². The van der Waals surface area contributed by atoms with E-state index in [1.807, 2.05) is 13.8 Å². The monoisotopic (exact) mass is 307 g/mol. The molecule has 0 unspecified atom stereocenters. The fourth-order valence-electron chi connectivity index (χ4n) is 1.69. The maximum Gasteiger partial charge on any atom is 0.306 e.